The molecule has 2 aromatic rings. The molecule has 3 rings (SSSR count). The highest BCUT2D eigenvalue weighted by Gasteiger charge is 2.22. The van der Waals surface area contributed by atoms with Crippen LogP contribution in [0.2, 0.25) is 0 Å². The highest BCUT2D eigenvalue weighted by molar-refractivity contribution is 8.00. The minimum atomic E-state index is 0.0689. The molecule has 126 valence electrons. The molecule has 1 fully saturated rings. The van der Waals surface area contributed by atoms with Crippen molar-refractivity contribution >= 4 is 34.5 Å². The molecule has 1 saturated heterocycles. The van der Waals surface area contributed by atoms with Gasteiger partial charge < -0.3 is 9.80 Å². The van der Waals surface area contributed by atoms with Crippen LogP contribution in [0.1, 0.15) is 12.7 Å². The molecular weight excluding hydrogens is 324 g/mol. The lowest BCUT2D eigenvalue weighted by atomic mass is 10.2. The Labute approximate surface area is 145 Å². The van der Waals surface area contributed by atoms with E-state index in [0.29, 0.717) is 37.8 Å². The van der Waals surface area contributed by atoms with Crippen LogP contribution in [0.5, 0.6) is 0 Å². The first-order chi connectivity index (χ1) is 11.5. The van der Waals surface area contributed by atoms with Gasteiger partial charge in [0.15, 0.2) is 0 Å². The molecule has 1 aromatic heterocycles. The normalized spacial score (nSPS) is 14.9. The van der Waals surface area contributed by atoms with Crippen LogP contribution in [0.15, 0.2) is 29.3 Å². The van der Waals surface area contributed by atoms with Gasteiger partial charge in [0, 0.05) is 38.5 Å². The number of rotatable bonds is 3. The third kappa shape index (κ3) is 3.67. The van der Waals surface area contributed by atoms with E-state index < -0.39 is 0 Å². The van der Waals surface area contributed by atoms with E-state index in [1.165, 1.54) is 11.8 Å². The second kappa shape index (κ2) is 7.17. The van der Waals surface area contributed by atoms with Crippen LogP contribution in [0.4, 0.5) is 0 Å². The maximum absolute atomic E-state index is 12.4. The zero-order chi connectivity index (χ0) is 17.1. The molecule has 0 atom stereocenters. The lowest BCUT2D eigenvalue weighted by Gasteiger charge is -2.34. The summed E-state index contributed by atoms with van der Waals surface area (Å²) in [6, 6.07) is 7.83. The average Bonchev–Trinajstić information content (AvgIpc) is 2.59. The van der Waals surface area contributed by atoms with E-state index in [4.69, 9.17) is 0 Å². The molecule has 0 bridgehead atoms. The summed E-state index contributed by atoms with van der Waals surface area (Å²) in [6.07, 6.45) is 0. The average molecular weight is 344 g/mol. The Kier molecular flexibility index (Phi) is 4.99. The molecule has 1 aliphatic heterocycles. The van der Waals surface area contributed by atoms with Gasteiger partial charge in [0.05, 0.1) is 11.3 Å². The Morgan fingerprint density at radius 1 is 1.08 bits per heavy atom. The first-order valence-electron chi connectivity index (χ1n) is 7.94. The Morgan fingerprint density at radius 3 is 2.46 bits per heavy atom. The molecule has 0 N–H and O–H groups in total. The molecule has 24 heavy (non-hydrogen) atoms. The minimum absolute atomic E-state index is 0.0689. The number of benzene rings is 1. The van der Waals surface area contributed by atoms with E-state index in [-0.39, 0.29) is 11.8 Å². The van der Waals surface area contributed by atoms with Gasteiger partial charge in [-0.25, -0.2) is 9.97 Å². The quantitative estimate of drug-likeness (QED) is 0.626. The van der Waals surface area contributed by atoms with Crippen molar-refractivity contribution in [2.75, 3.05) is 31.9 Å². The summed E-state index contributed by atoms with van der Waals surface area (Å²) < 4.78 is 0. The molecule has 0 radical (unpaired) electrons. The van der Waals surface area contributed by atoms with Crippen molar-refractivity contribution in [1.82, 2.24) is 19.8 Å². The summed E-state index contributed by atoms with van der Waals surface area (Å²) >= 11 is 1.45. The first-order valence-corrected chi connectivity index (χ1v) is 8.92. The molecule has 2 amide bonds. The Balaban J connectivity index is 1.64. The van der Waals surface area contributed by atoms with Crippen LogP contribution < -0.4 is 0 Å². The van der Waals surface area contributed by atoms with Crippen LogP contribution in [0, 0.1) is 6.92 Å². The molecule has 1 aromatic carbocycles. The lowest BCUT2D eigenvalue weighted by Crippen LogP contribution is -2.50. The first kappa shape index (κ1) is 16.7. The van der Waals surface area contributed by atoms with Crippen molar-refractivity contribution < 1.29 is 9.59 Å². The van der Waals surface area contributed by atoms with Crippen LogP contribution in [-0.4, -0.2) is 63.5 Å². The van der Waals surface area contributed by atoms with Crippen molar-refractivity contribution in [3.05, 3.63) is 30.1 Å². The molecule has 7 heteroatoms. The number of hydrogen-bond acceptors (Lipinski definition) is 5. The van der Waals surface area contributed by atoms with Gasteiger partial charge in [0.2, 0.25) is 11.8 Å². The summed E-state index contributed by atoms with van der Waals surface area (Å²) in [7, 11) is 0. The summed E-state index contributed by atoms with van der Waals surface area (Å²) in [5.41, 5.74) is 0.898. The summed E-state index contributed by atoms with van der Waals surface area (Å²) in [6.45, 7) is 5.85. The van der Waals surface area contributed by atoms with E-state index in [1.807, 2.05) is 36.1 Å². The van der Waals surface area contributed by atoms with Gasteiger partial charge in [0.25, 0.3) is 0 Å². The van der Waals surface area contributed by atoms with Gasteiger partial charge in [0.1, 0.15) is 10.9 Å². The second-order valence-electron chi connectivity index (χ2n) is 5.77. The Morgan fingerprint density at radius 2 is 1.75 bits per heavy atom. The van der Waals surface area contributed by atoms with Gasteiger partial charge in [-0.1, -0.05) is 30.0 Å². The fourth-order valence-electron chi connectivity index (χ4n) is 2.76. The number of fused-ring (bicyclic) bond motifs is 1. The number of piperazine rings is 1. The summed E-state index contributed by atoms with van der Waals surface area (Å²) in [5.74, 6) is 1.21. The molecule has 0 saturated carbocycles. The number of carbonyl (C=O) groups is 2. The number of thioether (sulfide) groups is 1. The van der Waals surface area contributed by atoms with E-state index >= 15 is 0 Å². The predicted octanol–water partition coefficient (Wildman–Crippen LogP) is 1.72. The van der Waals surface area contributed by atoms with Gasteiger partial charge in [-0.15, -0.1) is 0 Å². The number of para-hydroxylation sites is 1. The van der Waals surface area contributed by atoms with Gasteiger partial charge >= 0.3 is 0 Å². The maximum atomic E-state index is 12.4. The Hall–Kier alpha value is -2.15. The highest BCUT2D eigenvalue weighted by atomic mass is 32.2. The molecular formula is C17H20N4O2S. The van der Waals surface area contributed by atoms with Crippen molar-refractivity contribution in [3.63, 3.8) is 0 Å². The fourth-order valence-corrected chi connectivity index (χ4v) is 3.73. The monoisotopic (exact) mass is 344 g/mol. The zero-order valence-electron chi connectivity index (χ0n) is 13.9. The van der Waals surface area contributed by atoms with E-state index in [0.717, 1.165) is 15.9 Å². The smallest absolute Gasteiger partial charge is 0.233 e. The molecule has 1 aliphatic rings. The zero-order valence-corrected chi connectivity index (χ0v) is 14.7. The Bertz CT molecular complexity index is 772. The number of aryl methyl sites for hydroxylation is 1. The highest BCUT2D eigenvalue weighted by Crippen LogP contribution is 2.25. The predicted molar refractivity (Wildman–Crippen MR) is 93.8 cm³/mol. The number of hydrogen-bond donors (Lipinski definition) is 0. The van der Waals surface area contributed by atoms with Crippen LogP contribution in [0.25, 0.3) is 10.9 Å². The van der Waals surface area contributed by atoms with Gasteiger partial charge in [-0.2, -0.15) is 0 Å². The van der Waals surface area contributed by atoms with Crippen LogP contribution >= 0.6 is 11.8 Å². The van der Waals surface area contributed by atoms with Crippen molar-refractivity contribution in [1.29, 1.82) is 0 Å². The van der Waals surface area contributed by atoms with Gasteiger partial charge in [-0.3, -0.25) is 9.59 Å². The van der Waals surface area contributed by atoms with Crippen molar-refractivity contribution in [2.24, 2.45) is 0 Å². The number of aromatic nitrogens is 2. The lowest BCUT2D eigenvalue weighted by molar-refractivity contribution is -0.136. The van der Waals surface area contributed by atoms with E-state index in [9.17, 15) is 9.59 Å². The van der Waals surface area contributed by atoms with Gasteiger partial charge in [-0.05, 0) is 13.0 Å². The van der Waals surface area contributed by atoms with E-state index in [1.54, 1.807) is 11.8 Å². The standard InChI is InChI=1S/C17H20N4O2S/c1-12-18-15-6-4-3-5-14(15)17(19-12)24-11-16(23)21-9-7-20(8-10-21)13(2)22/h3-6H,7-11H2,1-2H3. The second-order valence-corrected chi connectivity index (χ2v) is 6.73. The molecule has 6 nitrogen and oxygen atoms in total. The van der Waals surface area contributed by atoms with Crippen LogP contribution in [0.3, 0.4) is 0 Å². The topological polar surface area (TPSA) is 66.4 Å². The fraction of sp³-hybridized carbons (Fsp3) is 0.412. The summed E-state index contributed by atoms with van der Waals surface area (Å²) in [4.78, 5) is 36.3. The molecule has 2 heterocycles. The van der Waals surface area contributed by atoms with Crippen molar-refractivity contribution in [3.8, 4) is 0 Å². The van der Waals surface area contributed by atoms with Crippen LogP contribution in [-0.2, 0) is 9.59 Å². The maximum Gasteiger partial charge on any atom is 0.233 e. The number of amides is 2. The SMILES string of the molecule is CC(=O)N1CCN(C(=O)CSc2nc(C)nc3ccccc23)CC1. The molecule has 0 spiro atoms. The minimum Gasteiger partial charge on any atom is -0.339 e. The largest absolute Gasteiger partial charge is 0.339 e. The summed E-state index contributed by atoms with van der Waals surface area (Å²) in [5, 5.41) is 1.82. The number of nitrogens with zero attached hydrogens (tertiary/aromatic N) is 4. The number of carbonyl (C=O) groups excluding carboxylic acids is 2. The van der Waals surface area contributed by atoms with E-state index in [2.05, 4.69) is 9.97 Å². The molecule has 0 unspecified atom stereocenters. The third-order valence-electron chi connectivity index (χ3n) is 4.09. The third-order valence-corrected chi connectivity index (χ3v) is 5.07. The molecule has 0 aliphatic carbocycles. The van der Waals surface area contributed by atoms with Crippen molar-refractivity contribution in [2.45, 2.75) is 18.9 Å².